The number of hydrogen-bond acceptors (Lipinski definition) is 3. The van der Waals surface area contributed by atoms with Crippen molar-refractivity contribution in [2.24, 2.45) is 4.99 Å². The molecule has 1 aliphatic heterocycles. The first-order valence-electron chi connectivity index (χ1n) is 7.87. The normalized spacial score (nSPS) is 13.0. The molecule has 0 radical (unpaired) electrons. The van der Waals surface area contributed by atoms with Gasteiger partial charge in [0.25, 0.3) is 0 Å². The minimum absolute atomic E-state index is 0.125. The van der Waals surface area contributed by atoms with E-state index in [1.165, 1.54) is 5.56 Å². The fourth-order valence-corrected chi connectivity index (χ4v) is 3.49. The molecule has 2 heterocycles. The van der Waals surface area contributed by atoms with Gasteiger partial charge >= 0.3 is 0 Å². The zero-order valence-corrected chi connectivity index (χ0v) is 14.7. The minimum atomic E-state index is -0.125. The van der Waals surface area contributed by atoms with E-state index >= 15 is 0 Å². The Labute approximate surface area is 154 Å². The molecule has 0 fully saturated rings. The van der Waals surface area contributed by atoms with Crippen molar-refractivity contribution < 1.29 is 9.21 Å². The lowest BCUT2D eigenvalue weighted by Crippen LogP contribution is -2.30. The maximum absolute atomic E-state index is 12.2. The lowest BCUT2D eigenvalue weighted by Gasteiger charge is -2.03. The number of para-hydroxylation sites is 1. The molecular weight excluding hydrogens is 359 g/mol. The zero-order valence-electron chi connectivity index (χ0n) is 13.2. The summed E-state index contributed by atoms with van der Waals surface area (Å²) in [6.45, 7) is 0.431. The lowest BCUT2D eigenvalue weighted by molar-refractivity contribution is -0.120. The third-order valence-corrected chi connectivity index (χ3v) is 4.57. The maximum Gasteiger partial charge on any atom is 0.227 e. The van der Waals surface area contributed by atoms with E-state index in [1.54, 1.807) is 18.2 Å². The van der Waals surface area contributed by atoms with Crippen LogP contribution in [0.2, 0.25) is 10.0 Å². The van der Waals surface area contributed by atoms with Crippen LogP contribution in [0.5, 0.6) is 0 Å². The lowest BCUT2D eigenvalue weighted by atomic mass is 10.1. The summed E-state index contributed by atoms with van der Waals surface area (Å²) in [5.74, 6) is 0.424. The van der Waals surface area contributed by atoms with Gasteiger partial charge in [-0.1, -0.05) is 41.4 Å². The van der Waals surface area contributed by atoms with Gasteiger partial charge in [-0.05, 0) is 29.8 Å². The molecule has 0 bridgehead atoms. The molecule has 0 aliphatic carbocycles. The number of hydrogen-bond donors (Lipinski definition) is 1. The summed E-state index contributed by atoms with van der Waals surface area (Å²) in [6.07, 6.45) is 0.915. The second-order valence-corrected chi connectivity index (χ2v) is 6.80. The number of furan rings is 1. The van der Waals surface area contributed by atoms with Gasteiger partial charge in [-0.25, -0.2) is 0 Å². The average molecular weight is 373 g/mol. The SMILES string of the molecule is O=C(Cc1cc2cc(Cl)cc(Cl)c2o1)NCC1=Nc2ccccc2C1. The average Bonchev–Trinajstić information content (AvgIpc) is 3.16. The second kappa shape index (κ2) is 6.54. The third-order valence-electron chi connectivity index (χ3n) is 4.08. The van der Waals surface area contributed by atoms with Crippen LogP contribution in [0, 0.1) is 0 Å². The molecule has 3 aromatic rings. The molecule has 2 aromatic carbocycles. The Kier molecular flexibility index (Phi) is 4.24. The fraction of sp³-hybridized carbons (Fsp3) is 0.158. The van der Waals surface area contributed by atoms with E-state index < -0.39 is 0 Å². The van der Waals surface area contributed by atoms with Crippen LogP contribution in [0.3, 0.4) is 0 Å². The monoisotopic (exact) mass is 372 g/mol. The van der Waals surface area contributed by atoms with Gasteiger partial charge in [-0.3, -0.25) is 9.79 Å². The number of aliphatic imine (C=N–C) groups is 1. The van der Waals surface area contributed by atoms with E-state index in [-0.39, 0.29) is 12.3 Å². The Bertz CT molecular complexity index is 1010. The van der Waals surface area contributed by atoms with Gasteiger partial charge < -0.3 is 9.73 Å². The van der Waals surface area contributed by atoms with Crippen molar-refractivity contribution in [1.82, 2.24) is 5.32 Å². The highest BCUT2D eigenvalue weighted by Crippen LogP contribution is 2.30. The van der Waals surface area contributed by atoms with Gasteiger partial charge in [0.05, 0.1) is 23.7 Å². The molecular formula is C19H14Cl2N2O2. The van der Waals surface area contributed by atoms with E-state index in [4.69, 9.17) is 27.6 Å². The van der Waals surface area contributed by atoms with Gasteiger partial charge in [0.15, 0.2) is 5.58 Å². The van der Waals surface area contributed by atoms with Crippen molar-refractivity contribution in [1.29, 1.82) is 0 Å². The van der Waals surface area contributed by atoms with Crippen LogP contribution in [0.15, 0.2) is 51.9 Å². The molecule has 1 N–H and O–H groups in total. The summed E-state index contributed by atoms with van der Waals surface area (Å²) < 4.78 is 5.67. The van der Waals surface area contributed by atoms with Gasteiger partial charge in [-0.15, -0.1) is 0 Å². The number of carbonyl (C=O) groups excluding carboxylic acids is 1. The summed E-state index contributed by atoms with van der Waals surface area (Å²) in [6, 6.07) is 13.2. The van der Waals surface area contributed by atoms with Crippen LogP contribution < -0.4 is 5.32 Å². The van der Waals surface area contributed by atoms with Crippen molar-refractivity contribution in [3.05, 3.63) is 63.8 Å². The number of carbonyl (C=O) groups is 1. The maximum atomic E-state index is 12.2. The standard InChI is InChI=1S/C19H14Cl2N2O2/c20-13-5-12-7-15(25-19(12)16(21)8-13)9-18(24)22-10-14-6-11-3-1-2-4-17(11)23-14/h1-5,7-8H,6,9-10H2,(H,22,24). The highest BCUT2D eigenvalue weighted by atomic mass is 35.5. The van der Waals surface area contributed by atoms with Gasteiger partial charge in [-0.2, -0.15) is 0 Å². The van der Waals surface area contributed by atoms with E-state index in [0.29, 0.717) is 27.9 Å². The molecule has 126 valence electrons. The van der Waals surface area contributed by atoms with Gasteiger partial charge in [0.1, 0.15) is 5.76 Å². The second-order valence-electron chi connectivity index (χ2n) is 5.96. The molecule has 0 saturated heterocycles. The van der Waals surface area contributed by atoms with E-state index in [9.17, 15) is 4.79 Å². The molecule has 25 heavy (non-hydrogen) atoms. The molecule has 4 rings (SSSR count). The number of amides is 1. The highest BCUT2D eigenvalue weighted by molar-refractivity contribution is 6.38. The topological polar surface area (TPSA) is 54.6 Å². The fourth-order valence-electron chi connectivity index (χ4n) is 2.94. The van der Waals surface area contributed by atoms with Crippen LogP contribution in [0.25, 0.3) is 11.0 Å². The molecule has 1 aromatic heterocycles. The van der Waals surface area contributed by atoms with Crippen LogP contribution in [0.4, 0.5) is 5.69 Å². The zero-order chi connectivity index (χ0) is 17.4. The Morgan fingerprint density at radius 1 is 1.20 bits per heavy atom. The predicted octanol–water partition coefficient (Wildman–Crippen LogP) is 4.73. The van der Waals surface area contributed by atoms with E-state index in [0.717, 1.165) is 23.2 Å². The number of nitrogens with zero attached hydrogens (tertiary/aromatic N) is 1. The molecule has 0 atom stereocenters. The van der Waals surface area contributed by atoms with Gasteiger partial charge in [0.2, 0.25) is 5.91 Å². The Balaban J connectivity index is 1.39. The van der Waals surface area contributed by atoms with Crippen LogP contribution >= 0.6 is 23.2 Å². The third kappa shape index (κ3) is 3.41. The molecule has 0 saturated carbocycles. The Morgan fingerprint density at radius 3 is 2.88 bits per heavy atom. The van der Waals surface area contributed by atoms with Crippen LogP contribution in [-0.4, -0.2) is 18.2 Å². The van der Waals surface area contributed by atoms with Crippen molar-refractivity contribution in [2.75, 3.05) is 6.54 Å². The smallest absolute Gasteiger partial charge is 0.227 e. The molecule has 1 amide bonds. The first-order valence-corrected chi connectivity index (χ1v) is 8.62. The Morgan fingerprint density at radius 2 is 2.04 bits per heavy atom. The minimum Gasteiger partial charge on any atom is -0.459 e. The van der Waals surface area contributed by atoms with Crippen LogP contribution in [-0.2, 0) is 17.6 Å². The number of fused-ring (bicyclic) bond motifs is 2. The number of benzene rings is 2. The number of nitrogens with one attached hydrogen (secondary N) is 1. The van der Waals surface area contributed by atoms with Crippen molar-refractivity contribution in [3.8, 4) is 0 Å². The van der Waals surface area contributed by atoms with Crippen molar-refractivity contribution in [2.45, 2.75) is 12.8 Å². The van der Waals surface area contributed by atoms with Gasteiger partial charge in [0, 0.05) is 22.5 Å². The molecule has 1 aliphatic rings. The summed E-state index contributed by atoms with van der Waals surface area (Å²) in [4.78, 5) is 16.7. The first-order chi connectivity index (χ1) is 12.1. The molecule has 0 unspecified atom stereocenters. The van der Waals surface area contributed by atoms with Crippen molar-refractivity contribution in [3.63, 3.8) is 0 Å². The van der Waals surface area contributed by atoms with E-state index in [1.807, 2.05) is 18.2 Å². The number of rotatable bonds is 4. The summed E-state index contributed by atoms with van der Waals surface area (Å²) in [5.41, 5.74) is 3.67. The summed E-state index contributed by atoms with van der Waals surface area (Å²) in [5, 5.41) is 4.65. The highest BCUT2D eigenvalue weighted by Gasteiger charge is 2.16. The largest absolute Gasteiger partial charge is 0.459 e. The number of halogens is 2. The summed E-state index contributed by atoms with van der Waals surface area (Å²) in [7, 11) is 0. The molecule has 6 heteroatoms. The van der Waals surface area contributed by atoms with Crippen molar-refractivity contribution >= 4 is 51.5 Å². The predicted molar refractivity (Wildman–Crippen MR) is 100 cm³/mol. The first kappa shape index (κ1) is 16.2. The molecule has 4 nitrogen and oxygen atoms in total. The summed E-state index contributed by atoms with van der Waals surface area (Å²) >= 11 is 12.1. The Hall–Kier alpha value is -2.30. The van der Waals surface area contributed by atoms with Crippen LogP contribution in [0.1, 0.15) is 11.3 Å². The molecule has 0 spiro atoms. The van der Waals surface area contributed by atoms with E-state index in [2.05, 4.69) is 16.4 Å². The quantitative estimate of drug-likeness (QED) is 0.719.